The summed E-state index contributed by atoms with van der Waals surface area (Å²) in [6.07, 6.45) is -0.988. The van der Waals surface area contributed by atoms with Crippen molar-refractivity contribution >= 4 is 35.2 Å². The number of thioether (sulfide) groups is 1. The molecule has 0 bridgehead atoms. The van der Waals surface area contributed by atoms with E-state index in [2.05, 4.69) is 10.6 Å². The number of anilines is 1. The Kier molecular flexibility index (Phi) is 5.54. The molecule has 7 heteroatoms. The Bertz CT molecular complexity index is 654. The molecule has 1 heterocycles. The number of amides is 2. The lowest BCUT2D eigenvalue weighted by Crippen LogP contribution is -2.46. The van der Waals surface area contributed by atoms with Crippen LogP contribution in [0.2, 0.25) is 0 Å². The normalized spacial score (nSPS) is 18.2. The smallest absolute Gasteiger partial charge is 0.308 e. The standard InChI is InChI=1S/C17H22N2O4S/c1-10(15(21)19-17(2,3)4)23-14(20)9-13-16(22)18-11-7-5-6-8-12(11)24-13/h5-8,10,13H,9H2,1-4H3,(H,18,22)(H,19,21)/t10-,13+/m1/s1. The van der Waals surface area contributed by atoms with Crippen LogP contribution in [0.5, 0.6) is 0 Å². The van der Waals surface area contributed by atoms with Gasteiger partial charge in [-0.05, 0) is 39.8 Å². The summed E-state index contributed by atoms with van der Waals surface area (Å²) in [6.45, 7) is 7.06. The van der Waals surface area contributed by atoms with E-state index in [0.717, 1.165) is 10.6 Å². The van der Waals surface area contributed by atoms with E-state index in [1.165, 1.54) is 18.7 Å². The zero-order valence-electron chi connectivity index (χ0n) is 14.2. The third-order valence-electron chi connectivity index (χ3n) is 3.23. The molecular formula is C17H22N2O4S. The number of carbonyl (C=O) groups excluding carboxylic acids is 3. The van der Waals surface area contributed by atoms with Gasteiger partial charge in [-0.1, -0.05) is 12.1 Å². The minimum atomic E-state index is -0.902. The molecule has 2 atom stereocenters. The molecule has 1 aliphatic rings. The van der Waals surface area contributed by atoms with Crippen molar-refractivity contribution in [1.29, 1.82) is 0 Å². The SMILES string of the molecule is C[C@@H](OC(=O)C[C@@H]1Sc2ccccc2NC1=O)C(=O)NC(C)(C)C. The number of hydrogen-bond acceptors (Lipinski definition) is 5. The third-order valence-corrected chi connectivity index (χ3v) is 4.51. The Morgan fingerprint density at radius 1 is 1.33 bits per heavy atom. The first-order valence-corrected chi connectivity index (χ1v) is 8.62. The maximum atomic E-state index is 12.1. The average molecular weight is 350 g/mol. The lowest BCUT2D eigenvalue weighted by Gasteiger charge is -2.25. The molecule has 0 spiro atoms. The van der Waals surface area contributed by atoms with Gasteiger partial charge < -0.3 is 15.4 Å². The largest absolute Gasteiger partial charge is 0.453 e. The fourth-order valence-corrected chi connectivity index (χ4v) is 3.24. The fraction of sp³-hybridized carbons (Fsp3) is 0.471. The molecule has 0 saturated carbocycles. The summed E-state index contributed by atoms with van der Waals surface area (Å²) < 4.78 is 5.15. The van der Waals surface area contributed by atoms with Crippen LogP contribution in [-0.4, -0.2) is 34.7 Å². The van der Waals surface area contributed by atoms with Gasteiger partial charge in [-0.25, -0.2) is 0 Å². The fourth-order valence-electron chi connectivity index (χ4n) is 2.15. The lowest BCUT2D eigenvalue weighted by molar-refractivity contribution is -0.155. The van der Waals surface area contributed by atoms with Gasteiger partial charge in [0, 0.05) is 10.4 Å². The summed E-state index contributed by atoms with van der Waals surface area (Å²) in [6, 6.07) is 7.41. The summed E-state index contributed by atoms with van der Waals surface area (Å²) in [5, 5.41) is 4.96. The second-order valence-corrected chi connectivity index (χ2v) is 7.91. The molecule has 0 unspecified atom stereocenters. The summed E-state index contributed by atoms with van der Waals surface area (Å²) >= 11 is 1.33. The van der Waals surface area contributed by atoms with Gasteiger partial charge in [0.15, 0.2) is 6.10 Å². The van der Waals surface area contributed by atoms with Crippen LogP contribution in [-0.2, 0) is 19.1 Å². The summed E-state index contributed by atoms with van der Waals surface area (Å²) in [5.41, 5.74) is 0.343. The molecule has 6 nitrogen and oxygen atoms in total. The number of fused-ring (bicyclic) bond motifs is 1. The predicted molar refractivity (Wildman–Crippen MR) is 92.8 cm³/mol. The quantitative estimate of drug-likeness (QED) is 0.814. The van der Waals surface area contributed by atoms with E-state index in [1.54, 1.807) is 0 Å². The van der Waals surface area contributed by atoms with E-state index in [0.29, 0.717) is 0 Å². The molecule has 2 amide bonds. The van der Waals surface area contributed by atoms with Crippen molar-refractivity contribution in [2.45, 2.75) is 55.9 Å². The van der Waals surface area contributed by atoms with Crippen molar-refractivity contribution in [3.05, 3.63) is 24.3 Å². The van der Waals surface area contributed by atoms with E-state index in [-0.39, 0.29) is 18.2 Å². The van der Waals surface area contributed by atoms with Gasteiger partial charge in [0.2, 0.25) is 5.91 Å². The molecule has 1 aromatic rings. The Hall–Kier alpha value is -2.02. The molecule has 1 aromatic carbocycles. The van der Waals surface area contributed by atoms with Crippen molar-refractivity contribution < 1.29 is 19.1 Å². The Morgan fingerprint density at radius 3 is 2.67 bits per heavy atom. The minimum absolute atomic E-state index is 0.0853. The molecule has 0 saturated heterocycles. The van der Waals surface area contributed by atoms with Crippen LogP contribution in [0.25, 0.3) is 0 Å². The van der Waals surface area contributed by atoms with Crippen LogP contribution in [0.4, 0.5) is 5.69 Å². The number of rotatable bonds is 4. The van der Waals surface area contributed by atoms with Crippen molar-refractivity contribution in [1.82, 2.24) is 5.32 Å². The molecular weight excluding hydrogens is 328 g/mol. The molecule has 130 valence electrons. The molecule has 24 heavy (non-hydrogen) atoms. The number of esters is 1. The molecule has 1 aliphatic heterocycles. The minimum Gasteiger partial charge on any atom is -0.453 e. The first kappa shape index (κ1) is 18.3. The Labute approximate surface area is 145 Å². The average Bonchev–Trinajstić information content (AvgIpc) is 2.46. The van der Waals surface area contributed by atoms with Crippen LogP contribution in [0.3, 0.4) is 0 Å². The summed E-state index contributed by atoms with van der Waals surface area (Å²) in [4.78, 5) is 37.0. The van der Waals surface area contributed by atoms with Crippen molar-refractivity contribution in [2.24, 2.45) is 0 Å². The van der Waals surface area contributed by atoms with Gasteiger partial charge in [0.25, 0.3) is 5.91 Å². The van der Waals surface area contributed by atoms with E-state index >= 15 is 0 Å². The van der Waals surface area contributed by atoms with Crippen molar-refractivity contribution in [3.8, 4) is 0 Å². The first-order valence-electron chi connectivity index (χ1n) is 7.74. The van der Waals surface area contributed by atoms with Gasteiger partial charge in [-0.3, -0.25) is 14.4 Å². The van der Waals surface area contributed by atoms with Gasteiger partial charge in [0.05, 0.1) is 17.4 Å². The maximum Gasteiger partial charge on any atom is 0.308 e. The van der Waals surface area contributed by atoms with Crippen LogP contribution >= 0.6 is 11.8 Å². The second kappa shape index (κ2) is 7.25. The van der Waals surface area contributed by atoms with Crippen LogP contribution < -0.4 is 10.6 Å². The summed E-state index contributed by atoms with van der Waals surface area (Å²) in [5.74, 6) is -1.16. The topological polar surface area (TPSA) is 84.5 Å². The highest BCUT2D eigenvalue weighted by molar-refractivity contribution is 8.01. The number of ether oxygens (including phenoxy) is 1. The zero-order valence-corrected chi connectivity index (χ0v) is 15.0. The van der Waals surface area contributed by atoms with Crippen LogP contribution in [0.1, 0.15) is 34.1 Å². The Balaban J connectivity index is 1.91. The highest BCUT2D eigenvalue weighted by Crippen LogP contribution is 2.36. The molecule has 0 aromatic heterocycles. The zero-order chi connectivity index (χ0) is 17.9. The highest BCUT2D eigenvalue weighted by atomic mass is 32.2. The Morgan fingerprint density at radius 2 is 2.00 bits per heavy atom. The van der Waals surface area contributed by atoms with Crippen molar-refractivity contribution in [3.63, 3.8) is 0 Å². The maximum absolute atomic E-state index is 12.1. The van der Waals surface area contributed by atoms with Gasteiger partial charge in [0.1, 0.15) is 0 Å². The van der Waals surface area contributed by atoms with Gasteiger partial charge in [-0.2, -0.15) is 0 Å². The van der Waals surface area contributed by atoms with E-state index in [1.807, 2.05) is 45.0 Å². The van der Waals surface area contributed by atoms with Gasteiger partial charge >= 0.3 is 5.97 Å². The second-order valence-electron chi connectivity index (χ2n) is 6.67. The first-order chi connectivity index (χ1) is 11.2. The van der Waals surface area contributed by atoms with E-state index in [9.17, 15) is 14.4 Å². The number of para-hydroxylation sites is 1. The van der Waals surface area contributed by atoms with E-state index in [4.69, 9.17) is 4.74 Å². The predicted octanol–water partition coefficient (Wildman–Crippen LogP) is 2.34. The molecule has 0 fully saturated rings. The number of nitrogens with one attached hydrogen (secondary N) is 2. The third kappa shape index (κ3) is 4.99. The van der Waals surface area contributed by atoms with Gasteiger partial charge in [-0.15, -0.1) is 11.8 Å². The molecule has 2 rings (SSSR count). The highest BCUT2D eigenvalue weighted by Gasteiger charge is 2.31. The van der Waals surface area contributed by atoms with Crippen LogP contribution in [0.15, 0.2) is 29.2 Å². The number of hydrogen-bond donors (Lipinski definition) is 2. The van der Waals surface area contributed by atoms with Crippen LogP contribution in [0, 0.1) is 0 Å². The number of benzene rings is 1. The molecule has 0 radical (unpaired) electrons. The van der Waals surface area contributed by atoms with E-state index < -0.39 is 22.9 Å². The summed E-state index contributed by atoms with van der Waals surface area (Å²) in [7, 11) is 0. The molecule has 2 N–H and O–H groups in total. The monoisotopic (exact) mass is 350 g/mol. The number of carbonyl (C=O) groups is 3. The molecule has 0 aliphatic carbocycles. The lowest BCUT2D eigenvalue weighted by atomic mass is 10.1. The van der Waals surface area contributed by atoms with Crippen molar-refractivity contribution in [2.75, 3.05) is 5.32 Å².